The minimum absolute atomic E-state index is 0.0312. The van der Waals surface area contributed by atoms with Crippen LogP contribution in [0.5, 0.6) is 23.0 Å². The van der Waals surface area contributed by atoms with Gasteiger partial charge in [-0.05, 0) is 40.2 Å². The number of rotatable bonds is 4. The van der Waals surface area contributed by atoms with Gasteiger partial charge in [-0.25, -0.2) is 0 Å². The normalized spacial score (nSPS) is 13.5. The van der Waals surface area contributed by atoms with Gasteiger partial charge in [0.15, 0.2) is 0 Å². The molecule has 0 saturated heterocycles. The lowest BCUT2D eigenvalue weighted by Crippen LogP contribution is -2.21. The molecule has 0 bridgehead atoms. The van der Waals surface area contributed by atoms with E-state index in [4.69, 9.17) is 0 Å². The molecular weight excluding hydrogens is 448 g/mol. The Balaban J connectivity index is 3.17. The fraction of sp³-hybridized carbons (Fsp3) is 0.625. The molecule has 0 heterocycles. The molecule has 0 saturated carbocycles. The second-order valence-electron chi connectivity index (χ2n) is 14.5. The van der Waals surface area contributed by atoms with E-state index in [2.05, 4.69) is 0 Å². The number of hydrogen-bond donors (Lipinski definition) is 4. The number of phenols is 4. The van der Waals surface area contributed by atoms with E-state index in [0.29, 0.717) is 17.5 Å². The van der Waals surface area contributed by atoms with E-state index in [0.717, 1.165) is 28.7 Å². The molecule has 4 N–H and O–H groups in total. The minimum Gasteiger partial charge on any atom is -0.507 e. The average Bonchev–Trinajstić information content (AvgIpc) is 2.63. The van der Waals surface area contributed by atoms with Gasteiger partial charge in [-0.2, -0.15) is 0 Å². The third kappa shape index (κ3) is 5.63. The molecule has 0 aliphatic rings. The van der Waals surface area contributed by atoms with Crippen molar-refractivity contribution in [3.63, 3.8) is 0 Å². The van der Waals surface area contributed by atoms with Gasteiger partial charge in [-0.3, -0.25) is 0 Å². The molecule has 2 aromatic carbocycles. The second kappa shape index (κ2) is 9.50. The number of hydrogen-bond acceptors (Lipinski definition) is 4. The molecular formula is C32H50O4. The van der Waals surface area contributed by atoms with Gasteiger partial charge in [0.25, 0.3) is 0 Å². The van der Waals surface area contributed by atoms with Crippen LogP contribution in [0, 0.1) is 0 Å². The zero-order chi connectivity index (χ0) is 28.2. The van der Waals surface area contributed by atoms with Crippen LogP contribution in [0.25, 0.3) is 0 Å². The Hall–Kier alpha value is -2.36. The van der Waals surface area contributed by atoms with E-state index in [1.807, 2.05) is 102 Å². The molecule has 0 fully saturated rings. The summed E-state index contributed by atoms with van der Waals surface area (Å²) in [4.78, 5) is 0. The molecule has 4 heteroatoms. The van der Waals surface area contributed by atoms with Crippen LogP contribution in [-0.2, 0) is 21.7 Å². The van der Waals surface area contributed by atoms with Gasteiger partial charge >= 0.3 is 0 Å². The quantitative estimate of drug-likeness (QED) is 0.340. The summed E-state index contributed by atoms with van der Waals surface area (Å²) in [6, 6.07) is 3.81. The lowest BCUT2D eigenvalue weighted by molar-refractivity contribution is 0.385. The summed E-state index contributed by atoms with van der Waals surface area (Å²) in [7, 11) is 0. The first-order valence-electron chi connectivity index (χ1n) is 13.2. The maximum Gasteiger partial charge on any atom is 0.126 e. The van der Waals surface area contributed by atoms with Gasteiger partial charge < -0.3 is 20.4 Å². The van der Waals surface area contributed by atoms with Crippen LogP contribution in [0.2, 0.25) is 0 Å². The third-order valence-corrected chi connectivity index (χ3v) is 7.12. The molecule has 2 aromatic rings. The maximum atomic E-state index is 11.7. The first-order valence-corrected chi connectivity index (χ1v) is 13.2. The van der Waals surface area contributed by atoms with E-state index >= 15 is 0 Å². The Kier molecular flexibility index (Phi) is 7.88. The third-order valence-electron chi connectivity index (χ3n) is 7.12. The standard InChI is InChI=1S/C32H50O4/c1-14-15-18(23-25(33)19(29(2,3)4)16-20(26(23)34)30(5,6)7)24-27(35)21(31(8,9)10)17-22(28(24)36)32(11,12)13/h16-18,33-36H,14-15H2,1-13H3. The molecule has 0 radical (unpaired) electrons. The molecule has 0 amide bonds. The van der Waals surface area contributed by atoms with Crippen molar-refractivity contribution in [1.29, 1.82) is 0 Å². The van der Waals surface area contributed by atoms with Gasteiger partial charge in [0.2, 0.25) is 0 Å². The van der Waals surface area contributed by atoms with Gasteiger partial charge in [-0.1, -0.05) is 96.4 Å². The van der Waals surface area contributed by atoms with Gasteiger partial charge in [0.05, 0.1) is 0 Å². The highest BCUT2D eigenvalue weighted by atomic mass is 16.3. The molecule has 0 unspecified atom stereocenters. The molecule has 0 spiro atoms. The van der Waals surface area contributed by atoms with Crippen molar-refractivity contribution >= 4 is 0 Å². The van der Waals surface area contributed by atoms with E-state index in [-0.39, 0.29) is 44.7 Å². The molecule has 2 rings (SSSR count). The fourth-order valence-electron chi connectivity index (χ4n) is 5.04. The predicted molar refractivity (Wildman–Crippen MR) is 151 cm³/mol. The second-order valence-corrected chi connectivity index (χ2v) is 14.5. The summed E-state index contributed by atoms with van der Waals surface area (Å²) in [5, 5.41) is 46.7. The largest absolute Gasteiger partial charge is 0.507 e. The Labute approximate surface area is 219 Å². The number of phenolic OH excluding ortho intramolecular Hbond substituents is 4. The molecule has 36 heavy (non-hydrogen) atoms. The molecule has 0 aliphatic carbocycles. The van der Waals surface area contributed by atoms with Gasteiger partial charge in [0.1, 0.15) is 23.0 Å². The smallest absolute Gasteiger partial charge is 0.126 e. The average molecular weight is 499 g/mol. The van der Waals surface area contributed by atoms with Crippen LogP contribution in [0.15, 0.2) is 12.1 Å². The lowest BCUT2D eigenvalue weighted by atomic mass is 9.72. The van der Waals surface area contributed by atoms with Crippen LogP contribution in [0.3, 0.4) is 0 Å². The van der Waals surface area contributed by atoms with Crippen molar-refractivity contribution in [3.05, 3.63) is 45.5 Å². The minimum atomic E-state index is -0.596. The zero-order valence-corrected chi connectivity index (χ0v) is 24.9. The Bertz CT molecular complexity index is 950. The van der Waals surface area contributed by atoms with Gasteiger partial charge in [0, 0.05) is 39.3 Å². The van der Waals surface area contributed by atoms with Crippen LogP contribution >= 0.6 is 0 Å². The Morgan fingerprint density at radius 1 is 0.500 bits per heavy atom. The van der Waals surface area contributed by atoms with Crippen LogP contribution < -0.4 is 0 Å². The van der Waals surface area contributed by atoms with Crippen molar-refractivity contribution in [1.82, 2.24) is 0 Å². The highest BCUT2D eigenvalue weighted by Crippen LogP contribution is 2.55. The molecule has 4 nitrogen and oxygen atoms in total. The Morgan fingerprint density at radius 3 is 0.889 bits per heavy atom. The summed E-state index contributed by atoms with van der Waals surface area (Å²) in [6.07, 6.45) is 1.27. The van der Waals surface area contributed by atoms with Crippen LogP contribution in [-0.4, -0.2) is 20.4 Å². The molecule has 0 atom stereocenters. The van der Waals surface area contributed by atoms with Crippen molar-refractivity contribution in [3.8, 4) is 23.0 Å². The summed E-state index contributed by atoms with van der Waals surface area (Å²) >= 11 is 0. The van der Waals surface area contributed by atoms with Crippen molar-refractivity contribution in [2.24, 2.45) is 0 Å². The van der Waals surface area contributed by atoms with E-state index in [1.54, 1.807) is 0 Å². The van der Waals surface area contributed by atoms with E-state index < -0.39 is 5.92 Å². The predicted octanol–water partition coefficient (Wildman–Crippen LogP) is 8.63. The highest BCUT2D eigenvalue weighted by Gasteiger charge is 2.37. The summed E-state index contributed by atoms with van der Waals surface area (Å²) in [5.41, 5.74) is 2.21. The summed E-state index contributed by atoms with van der Waals surface area (Å²) in [5.74, 6) is -0.471. The first-order chi connectivity index (χ1) is 16.0. The van der Waals surface area contributed by atoms with Crippen molar-refractivity contribution < 1.29 is 20.4 Å². The van der Waals surface area contributed by atoms with Gasteiger partial charge in [-0.15, -0.1) is 0 Å². The monoisotopic (exact) mass is 498 g/mol. The molecule has 202 valence electrons. The lowest BCUT2D eigenvalue weighted by Gasteiger charge is -2.34. The molecule has 0 aromatic heterocycles. The van der Waals surface area contributed by atoms with Crippen LogP contribution in [0.4, 0.5) is 0 Å². The highest BCUT2D eigenvalue weighted by molar-refractivity contribution is 5.66. The number of benzene rings is 2. The van der Waals surface area contributed by atoms with E-state index in [1.165, 1.54) is 0 Å². The van der Waals surface area contributed by atoms with Crippen molar-refractivity contribution in [2.75, 3.05) is 0 Å². The summed E-state index contributed by atoms with van der Waals surface area (Å²) in [6.45, 7) is 26.5. The number of aromatic hydroxyl groups is 4. The van der Waals surface area contributed by atoms with Crippen LogP contribution in [0.1, 0.15) is 142 Å². The SMILES string of the molecule is CCCC(c1c(O)c(C(C)(C)C)cc(C(C)(C)C)c1O)c1c(O)c(C(C)(C)C)cc(C(C)(C)C)c1O. The molecule has 0 aliphatic heterocycles. The van der Waals surface area contributed by atoms with E-state index in [9.17, 15) is 20.4 Å². The first kappa shape index (κ1) is 29.9. The Morgan fingerprint density at radius 2 is 0.722 bits per heavy atom. The fourth-order valence-corrected chi connectivity index (χ4v) is 5.04. The maximum absolute atomic E-state index is 11.7. The van der Waals surface area contributed by atoms with Crippen molar-refractivity contribution in [2.45, 2.75) is 130 Å². The topological polar surface area (TPSA) is 80.9 Å². The zero-order valence-electron chi connectivity index (χ0n) is 24.9. The summed E-state index contributed by atoms with van der Waals surface area (Å²) < 4.78 is 0.